The topological polar surface area (TPSA) is 34.0 Å². The molecule has 0 bridgehead atoms. The van der Waals surface area contributed by atoms with E-state index in [1.807, 2.05) is 26.0 Å². The number of hydrogen-bond acceptors (Lipinski definition) is 3. The summed E-state index contributed by atoms with van der Waals surface area (Å²) in [6.45, 7) is 4.17. The lowest BCUT2D eigenvalue weighted by atomic mass is 10.1. The van der Waals surface area contributed by atoms with Gasteiger partial charge in [0.25, 0.3) is 0 Å². The third-order valence-corrected chi connectivity index (χ3v) is 2.77. The normalized spacial score (nSPS) is 10.6. The van der Waals surface area contributed by atoms with Gasteiger partial charge in [-0.2, -0.15) is 4.98 Å². The van der Waals surface area contributed by atoms with E-state index in [9.17, 15) is 0 Å². The van der Waals surface area contributed by atoms with E-state index in [0.717, 1.165) is 17.3 Å². The highest BCUT2D eigenvalue weighted by atomic mass is 15.4. The summed E-state index contributed by atoms with van der Waals surface area (Å²) in [5, 5.41) is 4.47. The highest BCUT2D eigenvalue weighted by Crippen LogP contribution is 2.23. The number of rotatable bonds is 2. The molecule has 1 aromatic carbocycles. The van der Waals surface area contributed by atoms with E-state index >= 15 is 0 Å². The van der Waals surface area contributed by atoms with Crippen LogP contribution in [0.3, 0.4) is 0 Å². The molecule has 0 aliphatic rings. The Morgan fingerprint density at radius 1 is 1.18 bits per heavy atom. The summed E-state index contributed by atoms with van der Waals surface area (Å²) < 4.78 is 1.80. The van der Waals surface area contributed by atoms with Crippen molar-refractivity contribution in [1.29, 1.82) is 0 Å². The van der Waals surface area contributed by atoms with Crippen molar-refractivity contribution in [3.63, 3.8) is 0 Å². The highest BCUT2D eigenvalue weighted by molar-refractivity contribution is 5.62. The van der Waals surface area contributed by atoms with Crippen molar-refractivity contribution in [2.45, 2.75) is 13.8 Å². The molecule has 0 spiro atoms. The lowest BCUT2D eigenvalue weighted by molar-refractivity contribution is 0.753. The third-order valence-electron chi connectivity index (χ3n) is 2.77. The van der Waals surface area contributed by atoms with Crippen molar-refractivity contribution in [3.05, 3.63) is 29.3 Å². The van der Waals surface area contributed by atoms with Gasteiger partial charge in [-0.05, 0) is 25.5 Å². The van der Waals surface area contributed by atoms with E-state index in [1.54, 1.807) is 4.68 Å². The van der Waals surface area contributed by atoms with Gasteiger partial charge in [0.05, 0.1) is 0 Å². The van der Waals surface area contributed by atoms with Gasteiger partial charge in [-0.1, -0.05) is 17.7 Å². The molecule has 0 aliphatic heterocycles. The molecule has 0 radical (unpaired) electrons. The maximum absolute atomic E-state index is 4.56. The van der Waals surface area contributed by atoms with Crippen LogP contribution >= 0.6 is 0 Å². The minimum atomic E-state index is 0.789. The molecule has 0 saturated heterocycles. The van der Waals surface area contributed by atoms with Gasteiger partial charge in [0, 0.05) is 26.7 Å². The predicted octanol–water partition coefficient (Wildman–Crippen LogP) is 2.16. The second-order valence-electron chi connectivity index (χ2n) is 4.57. The van der Waals surface area contributed by atoms with E-state index in [-0.39, 0.29) is 0 Å². The Labute approximate surface area is 102 Å². The Kier molecular flexibility index (Phi) is 2.88. The SMILES string of the molecule is Cc1ccc(C)c(-c2nc(N(C)C)n(C)n2)c1. The van der Waals surface area contributed by atoms with Crippen molar-refractivity contribution in [2.75, 3.05) is 19.0 Å². The van der Waals surface area contributed by atoms with E-state index in [0.29, 0.717) is 0 Å². The van der Waals surface area contributed by atoms with Crippen LogP contribution in [0.5, 0.6) is 0 Å². The van der Waals surface area contributed by atoms with Crippen molar-refractivity contribution >= 4 is 5.95 Å². The number of nitrogens with zero attached hydrogens (tertiary/aromatic N) is 4. The zero-order valence-electron chi connectivity index (χ0n) is 11.0. The van der Waals surface area contributed by atoms with Gasteiger partial charge in [0.15, 0.2) is 5.82 Å². The molecule has 0 amide bonds. The molecule has 0 unspecified atom stereocenters. The number of hydrogen-bond donors (Lipinski definition) is 0. The summed E-state index contributed by atoms with van der Waals surface area (Å²) in [5.41, 5.74) is 3.53. The number of anilines is 1. The van der Waals surface area contributed by atoms with Gasteiger partial charge >= 0.3 is 0 Å². The molecule has 90 valence electrons. The standard InChI is InChI=1S/C13H18N4/c1-9-6-7-10(2)11(8-9)12-14-13(16(3)4)17(5)15-12/h6-8H,1-5H3. The van der Waals surface area contributed by atoms with Crippen LogP contribution in [0, 0.1) is 13.8 Å². The predicted molar refractivity (Wildman–Crippen MR) is 70.2 cm³/mol. The molecule has 0 aliphatic carbocycles. The van der Waals surface area contributed by atoms with Gasteiger partial charge in [-0.3, -0.25) is 0 Å². The van der Waals surface area contributed by atoms with Crippen molar-refractivity contribution in [1.82, 2.24) is 14.8 Å². The Balaban J connectivity index is 2.53. The van der Waals surface area contributed by atoms with Crippen LogP contribution in [-0.2, 0) is 7.05 Å². The molecule has 2 aromatic rings. The molecule has 2 rings (SSSR count). The molecular formula is C13H18N4. The Morgan fingerprint density at radius 3 is 2.47 bits per heavy atom. The number of aryl methyl sites for hydroxylation is 3. The summed E-state index contributed by atoms with van der Waals surface area (Å²) in [7, 11) is 5.85. The van der Waals surface area contributed by atoms with Crippen LogP contribution in [0.4, 0.5) is 5.95 Å². The maximum Gasteiger partial charge on any atom is 0.223 e. The molecule has 0 fully saturated rings. The van der Waals surface area contributed by atoms with E-state index < -0.39 is 0 Å². The fraction of sp³-hybridized carbons (Fsp3) is 0.385. The first-order valence-corrected chi connectivity index (χ1v) is 5.65. The largest absolute Gasteiger partial charge is 0.347 e. The zero-order chi connectivity index (χ0) is 12.6. The van der Waals surface area contributed by atoms with E-state index in [4.69, 9.17) is 0 Å². The van der Waals surface area contributed by atoms with Gasteiger partial charge in [0.1, 0.15) is 0 Å². The van der Waals surface area contributed by atoms with Gasteiger partial charge < -0.3 is 4.90 Å². The lowest BCUT2D eigenvalue weighted by Gasteiger charge is -2.08. The van der Waals surface area contributed by atoms with Crippen LogP contribution in [0.2, 0.25) is 0 Å². The van der Waals surface area contributed by atoms with Crippen LogP contribution in [0.25, 0.3) is 11.4 Å². The molecule has 0 saturated carbocycles. The van der Waals surface area contributed by atoms with Crippen LogP contribution < -0.4 is 4.90 Å². The van der Waals surface area contributed by atoms with Crippen molar-refractivity contribution in [3.8, 4) is 11.4 Å². The van der Waals surface area contributed by atoms with Gasteiger partial charge in [-0.15, -0.1) is 5.10 Å². The maximum atomic E-state index is 4.56. The molecule has 17 heavy (non-hydrogen) atoms. The van der Waals surface area contributed by atoms with Crippen molar-refractivity contribution < 1.29 is 0 Å². The molecule has 0 atom stereocenters. The molecule has 0 N–H and O–H groups in total. The fourth-order valence-electron chi connectivity index (χ4n) is 1.86. The third kappa shape index (κ3) is 2.16. The van der Waals surface area contributed by atoms with Gasteiger partial charge in [-0.25, -0.2) is 4.68 Å². The summed E-state index contributed by atoms with van der Waals surface area (Å²) >= 11 is 0. The van der Waals surface area contributed by atoms with Crippen LogP contribution in [-0.4, -0.2) is 28.9 Å². The van der Waals surface area contributed by atoms with Gasteiger partial charge in [0.2, 0.25) is 5.95 Å². The number of benzene rings is 1. The lowest BCUT2D eigenvalue weighted by Crippen LogP contribution is -2.14. The minimum absolute atomic E-state index is 0.789. The first kappa shape index (κ1) is 11.6. The first-order chi connectivity index (χ1) is 7.99. The summed E-state index contributed by atoms with van der Waals surface area (Å²) in [6, 6.07) is 6.34. The van der Waals surface area contributed by atoms with Crippen molar-refractivity contribution in [2.24, 2.45) is 7.05 Å². The molecule has 1 aromatic heterocycles. The molecule has 4 heteroatoms. The van der Waals surface area contributed by atoms with Crippen LogP contribution in [0.1, 0.15) is 11.1 Å². The second kappa shape index (κ2) is 4.20. The van der Waals surface area contributed by atoms with E-state index in [2.05, 4.69) is 42.1 Å². The average Bonchev–Trinajstić information content (AvgIpc) is 2.64. The highest BCUT2D eigenvalue weighted by Gasteiger charge is 2.12. The Bertz CT molecular complexity index is 540. The quantitative estimate of drug-likeness (QED) is 0.793. The van der Waals surface area contributed by atoms with Crippen LogP contribution in [0.15, 0.2) is 18.2 Å². The second-order valence-corrected chi connectivity index (χ2v) is 4.57. The monoisotopic (exact) mass is 230 g/mol. The Hall–Kier alpha value is -1.84. The summed E-state index contributed by atoms with van der Waals surface area (Å²) in [6.07, 6.45) is 0. The fourth-order valence-corrected chi connectivity index (χ4v) is 1.86. The smallest absolute Gasteiger partial charge is 0.223 e. The average molecular weight is 230 g/mol. The summed E-state index contributed by atoms with van der Waals surface area (Å²) in [4.78, 5) is 6.52. The minimum Gasteiger partial charge on any atom is -0.347 e. The zero-order valence-corrected chi connectivity index (χ0v) is 11.0. The van der Waals surface area contributed by atoms with E-state index in [1.165, 1.54) is 11.1 Å². The molecule has 1 heterocycles. The molecule has 4 nitrogen and oxygen atoms in total. The number of aromatic nitrogens is 3. The Morgan fingerprint density at radius 2 is 1.88 bits per heavy atom. The summed E-state index contributed by atoms with van der Waals surface area (Å²) in [5.74, 6) is 1.65. The first-order valence-electron chi connectivity index (χ1n) is 5.65. The molecular weight excluding hydrogens is 212 g/mol.